The number of aliphatic imine (C=N–C) groups is 1. The number of hydrogen-bond donors (Lipinski definition) is 2. The third-order valence-electron chi connectivity index (χ3n) is 4.17. The fourth-order valence-corrected chi connectivity index (χ4v) is 3.15. The molecule has 6 nitrogen and oxygen atoms in total. The van der Waals surface area contributed by atoms with E-state index in [2.05, 4.69) is 38.6 Å². The maximum Gasteiger partial charge on any atom is 0.191 e. The molecule has 0 aliphatic heterocycles. The van der Waals surface area contributed by atoms with Crippen LogP contribution >= 0.6 is 35.7 Å². The Labute approximate surface area is 167 Å². The number of nitrogens with zero attached hydrogens (tertiary/aromatic N) is 4. The van der Waals surface area contributed by atoms with Gasteiger partial charge in [0.2, 0.25) is 0 Å². The van der Waals surface area contributed by atoms with Gasteiger partial charge in [0, 0.05) is 31.3 Å². The fraction of sp³-hybridized carbons (Fsp3) is 0.812. The molecular weight excluding hydrogens is 435 g/mol. The second-order valence-corrected chi connectivity index (χ2v) is 6.91. The number of aromatic nitrogens is 3. The van der Waals surface area contributed by atoms with E-state index < -0.39 is 0 Å². The predicted molar refractivity (Wildman–Crippen MR) is 114 cm³/mol. The molecule has 0 unspecified atom stereocenters. The number of thioether (sulfide) groups is 1. The lowest BCUT2D eigenvalue weighted by Crippen LogP contribution is -2.45. The van der Waals surface area contributed by atoms with Gasteiger partial charge in [-0.05, 0) is 19.1 Å². The summed E-state index contributed by atoms with van der Waals surface area (Å²) >= 11 is 1.83. The van der Waals surface area contributed by atoms with Crippen molar-refractivity contribution in [2.24, 2.45) is 4.99 Å². The Morgan fingerprint density at radius 3 is 2.88 bits per heavy atom. The largest absolute Gasteiger partial charge is 0.355 e. The minimum atomic E-state index is 0. The Morgan fingerprint density at radius 1 is 1.38 bits per heavy atom. The van der Waals surface area contributed by atoms with Crippen molar-refractivity contribution < 1.29 is 0 Å². The first-order valence-corrected chi connectivity index (χ1v) is 10.1. The molecule has 0 saturated heterocycles. The monoisotopic (exact) mass is 466 g/mol. The van der Waals surface area contributed by atoms with Crippen LogP contribution in [0.3, 0.4) is 0 Å². The molecule has 1 aromatic heterocycles. The number of nitrogens with one attached hydrogen (secondary N) is 2. The topological polar surface area (TPSA) is 67.1 Å². The van der Waals surface area contributed by atoms with Crippen LogP contribution in [0.2, 0.25) is 0 Å². The van der Waals surface area contributed by atoms with Crippen molar-refractivity contribution in [2.75, 3.05) is 25.1 Å². The normalized spacial score (nSPS) is 15.8. The van der Waals surface area contributed by atoms with E-state index in [1.807, 2.05) is 11.8 Å². The highest BCUT2D eigenvalue weighted by molar-refractivity contribution is 14.0. The van der Waals surface area contributed by atoms with Gasteiger partial charge in [-0.2, -0.15) is 11.8 Å². The molecule has 1 aromatic rings. The summed E-state index contributed by atoms with van der Waals surface area (Å²) in [6.07, 6.45) is 11.4. The lowest BCUT2D eigenvalue weighted by Gasteiger charge is -2.25. The van der Waals surface area contributed by atoms with Gasteiger partial charge in [-0.3, -0.25) is 4.99 Å². The molecule has 1 fully saturated rings. The second kappa shape index (κ2) is 12.8. The van der Waals surface area contributed by atoms with Gasteiger partial charge in [0.25, 0.3) is 0 Å². The van der Waals surface area contributed by atoms with Crippen molar-refractivity contribution in [3.05, 3.63) is 12.2 Å². The number of hydrogen-bond acceptors (Lipinski definition) is 4. The summed E-state index contributed by atoms with van der Waals surface area (Å²) < 4.78 is 2.10. The third kappa shape index (κ3) is 7.58. The van der Waals surface area contributed by atoms with Crippen molar-refractivity contribution >= 4 is 41.7 Å². The molecule has 24 heavy (non-hydrogen) atoms. The summed E-state index contributed by atoms with van der Waals surface area (Å²) in [5.41, 5.74) is 0. The molecule has 2 N–H and O–H groups in total. The molecule has 0 bridgehead atoms. The van der Waals surface area contributed by atoms with E-state index in [1.165, 1.54) is 32.1 Å². The molecule has 8 heteroatoms. The number of halogens is 1. The van der Waals surface area contributed by atoms with Gasteiger partial charge in [-0.15, -0.1) is 34.2 Å². The van der Waals surface area contributed by atoms with Gasteiger partial charge in [0.05, 0.1) is 6.54 Å². The van der Waals surface area contributed by atoms with Gasteiger partial charge < -0.3 is 15.2 Å². The minimum Gasteiger partial charge on any atom is -0.355 e. The summed E-state index contributed by atoms with van der Waals surface area (Å²) in [4.78, 5) is 4.70. The highest BCUT2D eigenvalue weighted by Crippen LogP contribution is 2.17. The van der Waals surface area contributed by atoms with Crippen LogP contribution in [-0.2, 0) is 13.0 Å². The van der Waals surface area contributed by atoms with Crippen LogP contribution in [0, 0.1) is 0 Å². The number of rotatable bonds is 8. The van der Waals surface area contributed by atoms with E-state index >= 15 is 0 Å². The molecule has 0 amide bonds. The Balaban J connectivity index is 0.00000288. The number of aryl methyl sites for hydroxylation is 1. The molecule has 1 heterocycles. The van der Waals surface area contributed by atoms with Crippen LogP contribution in [0.5, 0.6) is 0 Å². The van der Waals surface area contributed by atoms with Crippen molar-refractivity contribution in [3.8, 4) is 0 Å². The fourth-order valence-electron chi connectivity index (χ4n) is 2.88. The van der Waals surface area contributed by atoms with Crippen molar-refractivity contribution in [3.63, 3.8) is 0 Å². The van der Waals surface area contributed by atoms with Gasteiger partial charge in [0.1, 0.15) is 12.2 Å². The SMILES string of the molecule is CCc1nncn1CCNC(=NCCSC)NC1CCCCC1.I. The van der Waals surface area contributed by atoms with Crippen LogP contribution in [0.4, 0.5) is 0 Å². The first-order valence-electron chi connectivity index (χ1n) is 8.74. The summed E-state index contributed by atoms with van der Waals surface area (Å²) in [5.74, 6) is 3.05. The van der Waals surface area contributed by atoms with Crippen LogP contribution < -0.4 is 10.6 Å². The molecule has 0 spiro atoms. The number of guanidine groups is 1. The zero-order chi connectivity index (χ0) is 16.3. The molecule has 1 saturated carbocycles. The van der Waals surface area contributed by atoms with E-state index in [0.717, 1.165) is 43.6 Å². The van der Waals surface area contributed by atoms with Crippen LogP contribution in [0.1, 0.15) is 44.9 Å². The predicted octanol–water partition coefficient (Wildman–Crippen LogP) is 2.69. The average Bonchev–Trinajstić information content (AvgIpc) is 3.03. The average molecular weight is 466 g/mol. The van der Waals surface area contributed by atoms with E-state index in [9.17, 15) is 0 Å². The standard InChI is InChI=1S/C16H30N6S.HI/c1-3-15-21-19-13-22(15)11-9-17-16(18-10-12-23-2)20-14-7-5-4-6-8-14;/h13-14H,3-12H2,1-2H3,(H2,17,18,20);1H. The Kier molecular flexibility index (Phi) is 11.5. The summed E-state index contributed by atoms with van der Waals surface area (Å²) in [6.45, 7) is 4.66. The first kappa shape index (κ1) is 21.5. The van der Waals surface area contributed by atoms with Gasteiger partial charge in [-0.1, -0.05) is 26.2 Å². The highest BCUT2D eigenvalue weighted by atomic mass is 127. The molecular formula is C16H31IN6S. The van der Waals surface area contributed by atoms with Crippen molar-refractivity contribution in [1.29, 1.82) is 0 Å². The zero-order valence-corrected chi connectivity index (χ0v) is 18.0. The molecule has 0 atom stereocenters. The molecule has 2 rings (SSSR count). The molecule has 1 aliphatic carbocycles. The Bertz CT molecular complexity index is 473. The first-order chi connectivity index (χ1) is 11.3. The lowest BCUT2D eigenvalue weighted by atomic mass is 9.96. The van der Waals surface area contributed by atoms with Crippen LogP contribution in [0.25, 0.3) is 0 Å². The summed E-state index contributed by atoms with van der Waals surface area (Å²) in [7, 11) is 0. The van der Waals surface area contributed by atoms with Crippen LogP contribution in [-0.4, -0.2) is 51.9 Å². The maximum absolute atomic E-state index is 4.70. The maximum atomic E-state index is 4.70. The molecule has 0 radical (unpaired) electrons. The van der Waals surface area contributed by atoms with Gasteiger partial charge >= 0.3 is 0 Å². The van der Waals surface area contributed by atoms with E-state index in [0.29, 0.717) is 6.04 Å². The van der Waals surface area contributed by atoms with Crippen LogP contribution in [0.15, 0.2) is 11.3 Å². The van der Waals surface area contributed by atoms with E-state index in [4.69, 9.17) is 4.99 Å². The minimum absolute atomic E-state index is 0. The molecule has 138 valence electrons. The van der Waals surface area contributed by atoms with Gasteiger partial charge in [0.15, 0.2) is 5.96 Å². The second-order valence-electron chi connectivity index (χ2n) is 5.92. The van der Waals surface area contributed by atoms with E-state index in [-0.39, 0.29) is 24.0 Å². The highest BCUT2D eigenvalue weighted by Gasteiger charge is 2.14. The van der Waals surface area contributed by atoms with Crippen molar-refractivity contribution in [2.45, 2.75) is 58.0 Å². The summed E-state index contributed by atoms with van der Waals surface area (Å²) in [6, 6.07) is 0.574. The van der Waals surface area contributed by atoms with Crippen molar-refractivity contribution in [1.82, 2.24) is 25.4 Å². The van der Waals surface area contributed by atoms with Gasteiger partial charge in [-0.25, -0.2) is 0 Å². The molecule has 1 aliphatic rings. The zero-order valence-electron chi connectivity index (χ0n) is 14.8. The Morgan fingerprint density at radius 2 is 2.17 bits per heavy atom. The molecule has 0 aromatic carbocycles. The Hall–Kier alpha value is -0.510. The van der Waals surface area contributed by atoms with E-state index in [1.54, 1.807) is 6.33 Å². The third-order valence-corrected chi connectivity index (χ3v) is 4.76. The summed E-state index contributed by atoms with van der Waals surface area (Å²) in [5, 5.41) is 15.2. The smallest absolute Gasteiger partial charge is 0.191 e. The lowest BCUT2D eigenvalue weighted by molar-refractivity contribution is 0.409. The quantitative estimate of drug-likeness (QED) is 0.267.